The fourth-order valence-electron chi connectivity index (χ4n) is 2.56. The Morgan fingerprint density at radius 3 is 2.34 bits per heavy atom. The number of rotatable bonds is 6. The minimum Gasteiger partial charge on any atom is -0.410 e. The number of sulfone groups is 1. The van der Waals surface area contributed by atoms with E-state index in [9.17, 15) is 26.4 Å². The molecule has 0 aliphatic heterocycles. The molecule has 0 aliphatic carbocycles. The maximum Gasteiger partial charge on any atom is 0.626 e. The Morgan fingerprint density at radius 1 is 1.17 bits per heavy atom. The third-order valence-corrected chi connectivity index (χ3v) is 4.95. The first-order valence-corrected chi connectivity index (χ1v) is 10.1. The molecule has 0 radical (unpaired) electrons. The van der Waals surface area contributed by atoms with E-state index < -0.39 is 56.2 Å². The van der Waals surface area contributed by atoms with Crippen molar-refractivity contribution in [2.45, 2.75) is 12.7 Å². The summed E-state index contributed by atoms with van der Waals surface area (Å²) in [7, 11) is -4.28. The minimum absolute atomic E-state index is 0.0630. The normalized spacial score (nSPS) is 12.4. The quantitative estimate of drug-likeness (QED) is 0.180. The first kappa shape index (κ1) is 22.4. The van der Waals surface area contributed by atoms with Gasteiger partial charge >= 0.3 is 6.09 Å². The van der Waals surface area contributed by atoms with E-state index in [1.807, 2.05) is 0 Å². The zero-order valence-corrected chi connectivity index (χ0v) is 16.0. The van der Waals surface area contributed by atoms with E-state index in [-0.39, 0.29) is 17.9 Å². The number of aliphatic hydroxyl groups excluding tert-OH is 1. The number of hydrazine groups is 1. The average Bonchev–Trinajstić information content (AvgIpc) is 2.70. The number of hydrogen-bond acceptors (Lipinski definition) is 6. The largest absolute Gasteiger partial charge is 0.626 e. The van der Waals surface area contributed by atoms with E-state index in [4.69, 9.17) is 15.7 Å². The zero-order valence-electron chi connectivity index (χ0n) is 15.2. The van der Waals surface area contributed by atoms with Crippen LogP contribution in [0.25, 0.3) is 0 Å². The molecule has 0 atom stereocenters. The molecule has 3 N–H and O–H groups in total. The van der Waals surface area contributed by atoms with Gasteiger partial charge in [0.1, 0.15) is 5.94 Å². The van der Waals surface area contributed by atoms with Crippen molar-refractivity contribution in [3.05, 3.63) is 70.5 Å². The van der Waals surface area contributed by atoms with Crippen molar-refractivity contribution < 1.29 is 40.9 Å². The lowest BCUT2D eigenvalue weighted by molar-refractivity contribution is -0.456. The molecular weight excluding hydrogens is 413 g/mol. The molecule has 7 nitrogen and oxygen atoms in total. The van der Waals surface area contributed by atoms with Gasteiger partial charge in [0.15, 0.2) is 27.3 Å². The Hall–Kier alpha value is -2.92. The fraction of sp³-hybridized carbons (Fsp3) is 0.222. The summed E-state index contributed by atoms with van der Waals surface area (Å²) in [4.78, 5) is 12.2. The molecule has 2 aromatic rings. The van der Waals surface area contributed by atoms with E-state index in [0.717, 1.165) is 0 Å². The number of ether oxygens (including phenoxy) is 1. The Morgan fingerprint density at radius 2 is 1.79 bits per heavy atom. The Balaban J connectivity index is 2.90. The Labute approximate surface area is 164 Å². The smallest absolute Gasteiger partial charge is 0.410 e. The highest BCUT2D eigenvalue weighted by Crippen LogP contribution is 2.25. The first-order chi connectivity index (χ1) is 13.6. The van der Waals surface area contributed by atoms with Crippen molar-refractivity contribution in [2.75, 3.05) is 12.5 Å². The molecule has 2 rings (SSSR count). The molecular formula is C18H18F3N2O5S+. The average molecular weight is 431 g/mol. The topological polar surface area (TPSA) is 110 Å². The summed E-state index contributed by atoms with van der Waals surface area (Å²) in [5.74, 6) is -2.00. The molecule has 0 aromatic heterocycles. The molecule has 1 amide bonds. The van der Waals surface area contributed by atoms with Crippen LogP contribution in [0.1, 0.15) is 23.6 Å². The third kappa shape index (κ3) is 4.93. The van der Waals surface area contributed by atoms with Gasteiger partial charge in [-0.3, -0.25) is 0 Å². The number of nitrogens with zero attached hydrogens (tertiary/aromatic N) is 1. The molecule has 0 saturated carbocycles. The lowest BCUT2D eigenvalue weighted by Crippen LogP contribution is -2.36. The van der Waals surface area contributed by atoms with Crippen LogP contribution in [0.4, 0.5) is 18.0 Å². The highest BCUT2D eigenvalue weighted by atomic mass is 32.2. The molecule has 0 saturated heterocycles. The molecule has 156 valence electrons. The van der Waals surface area contributed by atoms with Crippen LogP contribution in [0, 0.1) is 17.5 Å². The van der Waals surface area contributed by atoms with E-state index >= 15 is 0 Å². The highest BCUT2D eigenvalue weighted by molar-refractivity contribution is 7.90. The van der Waals surface area contributed by atoms with Gasteiger partial charge in [-0.15, -0.1) is 0 Å². The van der Waals surface area contributed by atoms with Crippen molar-refractivity contribution in [3.8, 4) is 0 Å². The van der Waals surface area contributed by atoms with Crippen molar-refractivity contribution >= 4 is 21.6 Å². The number of halogens is 3. The van der Waals surface area contributed by atoms with Crippen molar-refractivity contribution in [1.29, 1.82) is 0 Å². The van der Waals surface area contributed by atoms with Crippen LogP contribution < -0.4 is 5.84 Å². The maximum atomic E-state index is 14.5. The van der Waals surface area contributed by atoms with Crippen LogP contribution >= 0.6 is 0 Å². The second-order valence-electron chi connectivity index (χ2n) is 5.81. The lowest BCUT2D eigenvalue weighted by atomic mass is 9.97. The van der Waals surface area contributed by atoms with Crippen molar-refractivity contribution in [1.82, 2.24) is 0 Å². The molecule has 0 heterocycles. The lowest BCUT2D eigenvalue weighted by Gasteiger charge is -2.12. The number of amides is 1. The van der Waals surface area contributed by atoms with Gasteiger partial charge < -0.3 is 9.84 Å². The first-order valence-electron chi connectivity index (χ1n) is 8.24. The predicted octanol–water partition coefficient (Wildman–Crippen LogP) is 1.85. The summed E-state index contributed by atoms with van der Waals surface area (Å²) < 4.78 is 71.3. The zero-order chi connectivity index (χ0) is 21.8. The number of nitrogens with two attached hydrogens (primary N) is 1. The molecule has 11 heteroatoms. The standard InChI is InChI=1S/C18H18F3N2O5S/c1-2-28-18(25)23(22)17(11-6-4-3-5-7-11)12-8-14(19)16(21)15(20)13(12)9-29(26,27)10-24/h3-8,24H,2,9-10,22H2,1H3/q+1. The van der Waals surface area contributed by atoms with Crippen LogP contribution in [0.2, 0.25) is 0 Å². The summed E-state index contributed by atoms with van der Waals surface area (Å²) in [6.07, 6.45) is -1.09. The fourth-order valence-corrected chi connectivity index (χ4v) is 3.37. The van der Waals surface area contributed by atoms with Crippen molar-refractivity contribution in [3.63, 3.8) is 0 Å². The number of benzene rings is 2. The van der Waals surface area contributed by atoms with Gasteiger partial charge in [0.25, 0.3) is 5.71 Å². The number of hydrazone groups is 1. The van der Waals surface area contributed by atoms with E-state index in [1.54, 1.807) is 6.07 Å². The Bertz CT molecular complexity index is 1060. The molecule has 0 spiro atoms. The van der Waals surface area contributed by atoms with Gasteiger partial charge in [-0.05, 0) is 29.8 Å². The molecule has 0 aliphatic rings. The maximum absolute atomic E-state index is 14.5. The summed E-state index contributed by atoms with van der Waals surface area (Å²) >= 11 is 0. The molecule has 2 aromatic carbocycles. The highest BCUT2D eigenvalue weighted by Gasteiger charge is 2.33. The van der Waals surface area contributed by atoms with Crippen LogP contribution in [0.15, 0.2) is 36.4 Å². The molecule has 0 unspecified atom stereocenters. The number of carbonyl (C=O) groups excluding carboxylic acids is 1. The minimum atomic E-state index is -4.28. The second kappa shape index (κ2) is 9.05. The van der Waals surface area contributed by atoms with Gasteiger partial charge in [0, 0.05) is 11.1 Å². The van der Waals surface area contributed by atoms with Crippen molar-refractivity contribution in [2.24, 2.45) is 5.84 Å². The van der Waals surface area contributed by atoms with Crippen LogP contribution in [-0.4, -0.2) is 42.6 Å². The van der Waals surface area contributed by atoms with Gasteiger partial charge in [-0.25, -0.2) is 21.6 Å². The van der Waals surface area contributed by atoms with E-state index in [2.05, 4.69) is 0 Å². The van der Waals surface area contributed by atoms with Gasteiger partial charge in [-0.2, -0.15) is 10.6 Å². The summed E-state index contributed by atoms with van der Waals surface area (Å²) in [6.45, 7) is 1.44. The van der Waals surface area contributed by atoms with Gasteiger partial charge in [0.2, 0.25) is 0 Å². The Kier molecular flexibility index (Phi) is 6.98. The van der Waals surface area contributed by atoms with E-state index in [1.165, 1.54) is 31.2 Å². The SMILES string of the molecule is CCOC(=O)[N+](N)=C(c1ccccc1)c1cc(F)c(F)c(F)c1CS(=O)(=O)CO. The monoisotopic (exact) mass is 431 g/mol. The summed E-state index contributed by atoms with van der Waals surface area (Å²) in [5, 5.41) is 8.99. The second-order valence-corrected chi connectivity index (χ2v) is 7.85. The van der Waals surface area contributed by atoms with Crippen LogP contribution in [-0.2, 0) is 20.3 Å². The van der Waals surface area contributed by atoms with Crippen LogP contribution in [0.3, 0.4) is 0 Å². The molecule has 29 heavy (non-hydrogen) atoms. The van der Waals surface area contributed by atoms with E-state index in [0.29, 0.717) is 10.8 Å². The number of aliphatic hydroxyl groups is 1. The summed E-state index contributed by atoms with van der Waals surface area (Å²) in [5.41, 5.74) is -1.42. The number of carbonyl (C=O) groups is 1. The van der Waals surface area contributed by atoms with Gasteiger partial charge in [-0.1, -0.05) is 18.2 Å². The molecule has 0 fully saturated rings. The third-order valence-electron chi connectivity index (χ3n) is 3.83. The van der Waals surface area contributed by atoms with Crippen LogP contribution in [0.5, 0.6) is 0 Å². The number of hydrogen-bond donors (Lipinski definition) is 2. The van der Waals surface area contributed by atoms with Gasteiger partial charge in [0.05, 0.1) is 17.9 Å². The predicted molar refractivity (Wildman–Crippen MR) is 97.1 cm³/mol. The molecule has 0 bridgehead atoms. The summed E-state index contributed by atoms with van der Waals surface area (Å²) in [6, 6.07) is 8.11.